The molecule has 0 saturated heterocycles. The van der Waals surface area contributed by atoms with Gasteiger partial charge in [-0.15, -0.1) is 0 Å². The van der Waals surface area contributed by atoms with E-state index in [9.17, 15) is 9.90 Å². The van der Waals surface area contributed by atoms with Crippen LogP contribution in [0.1, 0.15) is 26.3 Å². The molecule has 0 spiro atoms. The van der Waals surface area contributed by atoms with Crippen molar-refractivity contribution in [2.75, 3.05) is 0 Å². The molecule has 0 radical (unpaired) electrons. The van der Waals surface area contributed by atoms with Crippen LogP contribution in [-0.4, -0.2) is 11.1 Å². The third-order valence-electron chi connectivity index (χ3n) is 3.00. The second kappa shape index (κ2) is 4.30. The molecule has 0 aliphatic rings. The van der Waals surface area contributed by atoms with E-state index in [1.165, 1.54) is 0 Å². The fourth-order valence-electron chi connectivity index (χ4n) is 1.58. The molecule has 1 aromatic rings. The van der Waals surface area contributed by atoms with Crippen LogP contribution in [0.4, 0.5) is 0 Å². The van der Waals surface area contributed by atoms with Gasteiger partial charge in [-0.1, -0.05) is 42.0 Å². The second-order valence-corrected chi connectivity index (χ2v) is 3.77. The highest BCUT2D eigenvalue weighted by molar-refractivity contribution is 5.85. The lowest BCUT2D eigenvalue weighted by atomic mass is 9.76. The summed E-state index contributed by atoms with van der Waals surface area (Å²) >= 11 is 0. The standard InChI is InChI=1S/C13H16O2/c1-4-10(2)13(3,12(14)15)11-8-6-5-7-9-11/h4-9H,1-3H3,(H,14,15). The minimum atomic E-state index is -0.921. The summed E-state index contributed by atoms with van der Waals surface area (Å²) in [6.07, 6.45) is 1.85. The molecule has 15 heavy (non-hydrogen) atoms. The highest BCUT2D eigenvalue weighted by Gasteiger charge is 2.36. The lowest BCUT2D eigenvalue weighted by Gasteiger charge is -2.26. The van der Waals surface area contributed by atoms with Crippen LogP contribution in [0.5, 0.6) is 0 Å². The van der Waals surface area contributed by atoms with Crippen LogP contribution in [0.25, 0.3) is 0 Å². The Balaban J connectivity index is 3.32. The van der Waals surface area contributed by atoms with Gasteiger partial charge in [-0.25, -0.2) is 0 Å². The van der Waals surface area contributed by atoms with Gasteiger partial charge in [0.25, 0.3) is 0 Å². The Morgan fingerprint density at radius 3 is 2.27 bits per heavy atom. The number of hydrogen-bond acceptors (Lipinski definition) is 1. The second-order valence-electron chi connectivity index (χ2n) is 3.77. The molecule has 0 fully saturated rings. The maximum Gasteiger partial charge on any atom is 0.317 e. The van der Waals surface area contributed by atoms with Crippen molar-refractivity contribution in [2.24, 2.45) is 0 Å². The summed E-state index contributed by atoms with van der Waals surface area (Å²) in [4.78, 5) is 11.4. The lowest BCUT2D eigenvalue weighted by Crippen LogP contribution is -2.33. The van der Waals surface area contributed by atoms with Gasteiger partial charge in [-0.05, 0) is 26.3 Å². The van der Waals surface area contributed by atoms with Crippen molar-refractivity contribution in [3.8, 4) is 0 Å². The number of benzene rings is 1. The van der Waals surface area contributed by atoms with Crippen molar-refractivity contribution in [2.45, 2.75) is 26.2 Å². The van der Waals surface area contributed by atoms with Crippen LogP contribution in [-0.2, 0) is 10.2 Å². The molecule has 1 aromatic carbocycles. The summed E-state index contributed by atoms with van der Waals surface area (Å²) in [5.41, 5.74) is 0.741. The van der Waals surface area contributed by atoms with E-state index in [2.05, 4.69) is 0 Å². The summed E-state index contributed by atoms with van der Waals surface area (Å²) in [5.74, 6) is -0.815. The molecule has 0 saturated carbocycles. The van der Waals surface area contributed by atoms with Crippen molar-refractivity contribution >= 4 is 5.97 Å². The van der Waals surface area contributed by atoms with Gasteiger partial charge >= 0.3 is 5.97 Å². The zero-order valence-corrected chi connectivity index (χ0v) is 9.32. The molecule has 80 valence electrons. The third kappa shape index (κ3) is 1.94. The first-order chi connectivity index (χ1) is 7.03. The van der Waals surface area contributed by atoms with E-state index in [1.807, 2.05) is 50.3 Å². The number of carbonyl (C=O) groups is 1. The van der Waals surface area contributed by atoms with Crippen LogP contribution in [0.15, 0.2) is 42.0 Å². The Labute approximate surface area is 90.3 Å². The summed E-state index contributed by atoms with van der Waals surface area (Å²) < 4.78 is 0. The average Bonchev–Trinajstić information content (AvgIpc) is 2.27. The number of allylic oxidation sites excluding steroid dienone is 1. The highest BCUT2D eigenvalue weighted by Crippen LogP contribution is 2.31. The van der Waals surface area contributed by atoms with Gasteiger partial charge < -0.3 is 5.11 Å². The van der Waals surface area contributed by atoms with E-state index >= 15 is 0 Å². The van der Waals surface area contributed by atoms with E-state index in [1.54, 1.807) is 6.92 Å². The molecule has 0 aliphatic heterocycles. The zero-order chi connectivity index (χ0) is 11.5. The molecule has 1 unspecified atom stereocenters. The fourth-order valence-corrected chi connectivity index (χ4v) is 1.58. The largest absolute Gasteiger partial charge is 0.480 e. The number of carboxylic acids is 1. The SMILES string of the molecule is CC=C(C)C(C)(C(=O)O)c1ccccc1. The Bertz CT molecular complexity index is 379. The third-order valence-corrected chi connectivity index (χ3v) is 3.00. The smallest absolute Gasteiger partial charge is 0.317 e. The Kier molecular flexibility index (Phi) is 3.30. The summed E-state index contributed by atoms with van der Waals surface area (Å²) in [6.45, 7) is 5.45. The number of hydrogen-bond donors (Lipinski definition) is 1. The topological polar surface area (TPSA) is 37.3 Å². The Morgan fingerprint density at radius 1 is 1.33 bits per heavy atom. The number of carboxylic acid groups (broad SMARTS) is 1. The van der Waals surface area contributed by atoms with Gasteiger partial charge in [0.15, 0.2) is 0 Å². The minimum Gasteiger partial charge on any atom is -0.480 e. The molecule has 1 N–H and O–H groups in total. The van der Waals surface area contributed by atoms with Crippen LogP contribution < -0.4 is 0 Å². The molecule has 0 bridgehead atoms. The number of aliphatic carboxylic acids is 1. The van der Waals surface area contributed by atoms with Crippen LogP contribution in [0.3, 0.4) is 0 Å². The highest BCUT2D eigenvalue weighted by atomic mass is 16.4. The van der Waals surface area contributed by atoms with E-state index in [4.69, 9.17) is 0 Å². The monoisotopic (exact) mass is 204 g/mol. The van der Waals surface area contributed by atoms with Crippen molar-refractivity contribution in [1.82, 2.24) is 0 Å². The van der Waals surface area contributed by atoms with Gasteiger partial charge in [0.1, 0.15) is 5.41 Å². The van der Waals surface area contributed by atoms with Gasteiger partial charge in [0.05, 0.1) is 0 Å². The first-order valence-electron chi connectivity index (χ1n) is 4.95. The van der Waals surface area contributed by atoms with E-state index < -0.39 is 11.4 Å². The Morgan fingerprint density at radius 2 is 1.87 bits per heavy atom. The maximum absolute atomic E-state index is 11.4. The zero-order valence-electron chi connectivity index (χ0n) is 9.32. The molecule has 0 aliphatic carbocycles. The van der Waals surface area contributed by atoms with E-state index in [0.29, 0.717) is 0 Å². The van der Waals surface area contributed by atoms with E-state index in [0.717, 1.165) is 11.1 Å². The predicted octanol–water partition coefficient (Wildman–Crippen LogP) is 3.00. The predicted molar refractivity (Wildman–Crippen MR) is 60.9 cm³/mol. The maximum atomic E-state index is 11.4. The molecule has 0 aromatic heterocycles. The lowest BCUT2D eigenvalue weighted by molar-refractivity contribution is -0.141. The van der Waals surface area contributed by atoms with E-state index in [-0.39, 0.29) is 0 Å². The van der Waals surface area contributed by atoms with Crippen molar-refractivity contribution < 1.29 is 9.90 Å². The summed E-state index contributed by atoms with van der Waals surface area (Å²) in [6, 6.07) is 9.30. The average molecular weight is 204 g/mol. The number of rotatable bonds is 3. The normalized spacial score (nSPS) is 15.8. The first kappa shape index (κ1) is 11.5. The van der Waals surface area contributed by atoms with Crippen molar-refractivity contribution in [3.05, 3.63) is 47.5 Å². The summed E-state index contributed by atoms with van der Waals surface area (Å²) in [7, 11) is 0. The van der Waals surface area contributed by atoms with Gasteiger partial charge in [0, 0.05) is 0 Å². The van der Waals surface area contributed by atoms with Crippen molar-refractivity contribution in [3.63, 3.8) is 0 Å². The molecule has 0 heterocycles. The van der Waals surface area contributed by atoms with Gasteiger partial charge in [-0.2, -0.15) is 0 Å². The van der Waals surface area contributed by atoms with Crippen LogP contribution in [0, 0.1) is 0 Å². The van der Waals surface area contributed by atoms with Gasteiger partial charge in [0.2, 0.25) is 0 Å². The molecule has 0 amide bonds. The first-order valence-corrected chi connectivity index (χ1v) is 4.95. The van der Waals surface area contributed by atoms with Gasteiger partial charge in [-0.3, -0.25) is 4.79 Å². The summed E-state index contributed by atoms with van der Waals surface area (Å²) in [5, 5.41) is 9.35. The van der Waals surface area contributed by atoms with Crippen molar-refractivity contribution in [1.29, 1.82) is 0 Å². The van der Waals surface area contributed by atoms with Crippen LogP contribution in [0.2, 0.25) is 0 Å². The molecule has 1 atom stereocenters. The molecule has 1 rings (SSSR count). The molecule has 2 nitrogen and oxygen atoms in total. The molecular formula is C13H16O2. The molecular weight excluding hydrogens is 188 g/mol. The van der Waals surface area contributed by atoms with Crippen LogP contribution >= 0.6 is 0 Å². The fraction of sp³-hybridized carbons (Fsp3) is 0.308. The molecule has 2 heteroatoms. The Hall–Kier alpha value is -1.57. The minimum absolute atomic E-state index is 0.813. The quantitative estimate of drug-likeness (QED) is 0.768.